The third kappa shape index (κ3) is 3.82. The van der Waals surface area contributed by atoms with Gasteiger partial charge in [0.05, 0.1) is 5.54 Å². The van der Waals surface area contributed by atoms with Gasteiger partial charge in [-0.25, -0.2) is 4.39 Å². The second-order valence-electron chi connectivity index (χ2n) is 4.83. The molecule has 0 aliphatic carbocycles. The Kier molecular flexibility index (Phi) is 4.23. The molecule has 0 fully saturated rings. The first-order valence-corrected chi connectivity index (χ1v) is 5.64. The first-order valence-electron chi connectivity index (χ1n) is 5.64. The summed E-state index contributed by atoms with van der Waals surface area (Å²) in [7, 11) is 0. The van der Waals surface area contributed by atoms with Crippen molar-refractivity contribution < 1.29 is 9.18 Å². The number of benzene rings is 1. The smallest absolute Gasteiger partial charge is 0.237 e. The maximum absolute atomic E-state index is 13.4. The van der Waals surface area contributed by atoms with E-state index in [1.807, 2.05) is 6.92 Å². The van der Waals surface area contributed by atoms with E-state index in [1.165, 1.54) is 6.07 Å². The lowest BCUT2D eigenvalue weighted by atomic mass is 10.0. The Hall–Kier alpha value is -1.42. The third-order valence-corrected chi connectivity index (χ3v) is 2.71. The number of halogens is 1. The average Bonchev–Trinajstić information content (AvgIpc) is 2.20. The molecule has 0 heterocycles. The van der Waals surface area contributed by atoms with Gasteiger partial charge in [-0.05, 0) is 38.8 Å². The van der Waals surface area contributed by atoms with Crippen molar-refractivity contribution in [2.24, 2.45) is 5.73 Å². The Morgan fingerprint density at radius 1 is 1.47 bits per heavy atom. The molecule has 0 saturated heterocycles. The Balaban J connectivity index is 2.65. The molecule has 0 spiro atoms. The largest absolute Gasteiger partial charge is 0.368 e. The number of rotatable bonds is 5. The van der Waals surface area contributed by atoms with Gasteiger partial charge < -0.3 is 11.1 Å². The number of carbonyl (C=O) groups is 1. The van der Waals surface area contributed by atoms with Crippen LogP contribution in [-0.4, -0.2) is 17.5 Å². The maximum Gasteiger partial charge on any atom is 0.237 e. The lowest BCUT2D eigenvalue weighted by molar-refractivity contribution is -0.123. The molecule has 1 amide bonds. The molecular weight excluding hydrogens is 219 g/mol. The van der Waals surface area contributed by atoms with Gasteiger partial charge in [0.1, 0.15) is 5.82 Å². The molecule has 1 unspecified atom stereocenters. The fourth-order valence-corrected chi connectivity index (χ4v) is 1.73. The molecule has 1 aromatic rings. The van der Waals surface area contributed by atoms with E-state index in [-0.39, 0.29) is 11.9 Å². The number of nitrogens with one attached hydrogen (secondary N) is 1. The fraction of sp³-hybridized carbons (Fsp3) is 0.462. The normalized spacial score (nSPS) is 13.4. The zero-order valence-electron chi connectivity index (χ0n) is 10.5. The van der Waals surface area contributed by atoms with Gasteiger partial charge >= 0.3 is 0 Å². The van der Waals surface area contributed by atoms with E-state index in [0.29, 0.717) is 12.0 Å². The van der Waals surface area contributed by atoms with Crippen molar-refractivity contribution in [1.29, 1.82) is 0 Å². The monoisotopic (exact) mass is 238 g/mol. The van der Waals surface area contributed by atoms with E-state index < -0.39 is 11.4 Å². The molecule has 94 valence electrons. The minimum Gasteiger partial charge on any atom is -0.368 e. The van der Waals surface area contributed by atoms with Crippen LogP contribution in [0.15, 0.2) is 24.3 Å². The number of primary amides is 1. The predicted octanol–water partition coefficient (Wildman–Crippen LogP) is 1.61. The van der Waals surface area contributed by atoms with Crippen LogP contribution in [0.3, 0.4) is 0 Å². The van der Waals surface area contributed by atoms with Crippen molar-refractivity contribution >= 4 is 5.91 Å². The minimum absolute atomic E-state index is 0.0330. The minimum atomic E-state index is -0.787. The van der Waals surface area contributed by atoms with Gasteiger partial charge in [0.15, 0.2) is 0 Å². The summed E-state index contributed by atoms with van der Waals surface area (Å²) >= 11 is 0. The molecule has 3 N–H and O–H groups in total. The van der Waals surface area contributed by atoms with Crippen LogP contribution in [0.2, 0.25) is 0 Å². The van der Waals surface area contributed by atoms with Crippen molar-refractivity contribution in [3.05, 3.63) is 35.6 Å². The lowest BCUT2D eigenvalue weighted by Crippen LogP contribution is -2.54. The molecule has 1 atom stereocenters. The topological polar surface area (TPSA) is 55.1 Å². The predicted molar refractivity (Wildman–Crippen MR) is 66.0 cm³/mol. The Morgan fingerprint density at radius 2 is 2.06 bits per heavy atom. The van der Waals surface area contributed by atoms with Crippen molar-refractivity contribution in [2.75, 3.05) is 0 Å². The summed E-state index contributed by atoms with van der Waals surface area (Å²) in [6.45, 7) is 5.33. The second-order valence-corrected chi connectivity index (χ2v) is 4.83. The van der Waals surface area contributed by atoms with Gasteiger partial charge in [-0.15, -0.1) is 0 Å². The highest BCUT2D eigenvalue weighted by molar-refractivity contribution is 5.83. The van der Waals surface area contributed by atoms with Crippen LogP contribution >= 0.6 is 0 Å². The standard InChI is InChI=1S/C13H19FN2O/c1-9(16-13(2,3)12(15)17)8-10-6-4-5-7-11(10)14/h4-7,9,16H,8H2,1-3H3,(H2,15,17). The van der Waals surface area contributed by atoms with Crippen molar-refractivity contribution in [3.63, 3.8) is 0 Å². The van der Waals surface area contributed by atoms with Crippen molar-refractivity contribution in [3.8, 4) is 0 Å². The molecule has 4 heteroatoms. The van der Waals surface area contributed by atoms with Gasteiger partial charge in [-0.1, -0.05) is 18.2 Å². The summed E-state index contributed by atoms with van der Waals surface area (Å²) in [5.74, 6) is -0.643. The fourth-order valence-electron chi connectivity index (χ4n) is 1.73. The molecule has 0 aliphatic heterocycles. The molecule has 0 bridgehead atoms. The quantitative estimate of drug-likeness (QED) is 0.818. The van der Waals surface area contributed by atoms with E-state index in [4.69, 9.17) is 5.73 Å². The van der Waals surface area contributed by atoms with Crippen molar-refractivity contribution in [2.45, 2.75) is 38.8 Å². The number of hydrogen-bond acceptors (Lipinski definition) is 2. The summed E-state index contributed by atoms with van der Waals surface area (Å²) in [6.07, 6.45) is 0.517. The number of hydrogen-bond donors (Lipinski definition) is 2. The maximum atomic E-state index is 13.4. The molecule has 1 rings (SSSR count). The van der Waals surface area contributed by atoms with Gasteiger partial charge in [0.25, 0.3) is 0 Å². The summed E-state index contributed by atoms with van der Waals surface area (Å²) in [4.78, 5) is 11.2. The average molecular weight is 238 g/mol. The molecule has 0 radical (unpaired) electrons. The Morgan fingerprint density at radius 3 is 2.59 bits per heavy atom. The van der Waals surface area contributed by atoms with Crippen LogP contribution < -0.4 is 11.1 Å². The first-order chi connectivity index (χ1) is 7.83. The molecule has 3 nitrogen and oxygen atoms in total. The highest BCUT2D eigenvalue weighted by Crippen LogP contribution is 2.11. The van der Waals surface area contributed by atoms with E-state index in [2.05, 4.69) is 5.32 Å². The first kappa shape index (κ1) is 13.6. The SMILES string of the molecule is CC(Cc1ccccc1F)NC(C)(C)C(N)=O. The zero-order valence-corrected chi connectivity index (χ0v) is 10.5. The Labute approximate surface area is 101 Å². The molecule has 0 aliphatic rings. The van der Waals surface area contributed by atoms with Crippen molar-refractivity contribution in [1.82, 2.24) is 5.32 Å². The summed E-state index contributed by atoms with van der Waals surface area (Å²) in [5.41, 5.74) is 5.11. The summed E-state index contributed by atoms with van der Waals surface area (Å²) in [5, 5.41) is 3.09. The molecule has 0 saturated carbocycles. The molecule has 17 heavy (non-hydrogen) atoms. The molecule has 0 aromatic heterocycles. The second kappa shape index (κ2) is 5.27. The third-order valence-electron chi connectivity index (χ3n) is 2.71. The zero-order chi connectivity index (χ0) is 13.1. The summed E-state index contributed by atoms with van der Waals surface area (Å²) < 4.78 is 13.4. The van der Waals surface area contributed by atoms with Crippen LogP contribution in [0.1, 0.15) is 26.3 Å². The van der Waals surface area contributed by atoms with Crippen LogP contribution in [0, 0.1) is 5.82 Å². The number of amides is 1. The molecule has 1 aromatic carbocycles. The van der Waals surface area contributed by atoms with Crippen LogP contribution in [0.5, 0.6) is 0 Å². The van der Waals surface area contributed by atoms with Gasteiger partial charge in [0, 0.05) is 6.04 Å². The van der Waals surface area contributed by atoms with Gasteiger partial charge in [-0.3, -0.25) is 4.79 Å². The van der Waals surface area contributed by atoms with Gasteiger partial charge in [-0.2, -0.15) is 0 Å². The van der Waals surface area contributed by atoms with Gasteiger partial charge in [0.2, 0.25) is 5.91 Å². The highest BCUT2D eigenvalue weighted by Gasteiger charge is 2.26. The van der Waals surface area contributed by atoms with Crippen LogP contribution in [0.4, 0.5) is 4.39 Å². The van der Waals surface area contributed by atoms with E-state index in [1.54, 1.807) is 32.0 Å². The molecular formula is C13H19FN2O. The lowest BCUT2D eigenvalue weighted by Gasteiger charge is -2.27. The summed E-state index contributed by atoms with van der Waals surface area (Å²) in [6, 6.07) is 6.59. The van der Waals surface area contributed by atoms with E-state index >= 15 is 0 Å². The van der Waals surface area contributed by atoms with Crippen LogP contribution in [-0.2, 0) is 11.2 Å². The van der Waals surface area contributed by atoms with E-state index in [0.717, 1.165) is 0 Å². The van der Waals surface area contributed by atoms with Crippen LogP contribution in [0.25, 0.3) is 0 Å². The Bertz CT molecular complexity index is 404. The van der Waals surface area contributed by atoms with E-state index in [9.17, 15) is 9.18 Å². The highest BCUT2D eigenvalue weighted by atomic mass is 19.1. The number of nitrogens with two attached hydrogens (primary N) is 1. The number of carbonyl (C=O) groups excluding carboxylic acids is 1.